The summed E-state index contributed by atoms with van der Waals surface area (Å²) < 4.78 is 5.82. The Kier molecular flexibility index (Phi) is 4.03. The second-order valence-corrected chi connectivity index (χ2v) is 5.59. The van der Waals surface area contributed by atoms with Crippen LogP contribution >= 0.6 is 0 Å². The van der Waals surface area contributed by atoms with Gasteiger partial charge in [-0.3, -0.25) is 4.79 Å². The van der Waals surface area contributed by atoms with Gasteiger partial charge in [-0.05, 0) is 14.0 Å². The molecule has 1 atom stereocenters. The minimum absolute atomic E-state index is 0.0252. The van der Waals surface area contributed by atoms with Gasteiger partial charge in [0.2, 0.25) is 5.91 Å². The topological polar surface area (TPSA) is 70.6 Å². The molecule has 0 radical (unpaired) electrons. The van der Waals surface area contributed by atoms with E-state index in [1.165, 1.54) is 0 Å². The lowest BCUT2D eigenvalue weighted by atomic mass is 10.2. The molecule has 7 nitrogen and oxygen atoms in total. The number of carbonyl (C=O) groups is 1. The van der Waals surface area contributed by atoms with Crippen LogP contribution in [-0.4, -0.2) is 67.2 Å². The van der Waals surface area contributed by atoms with E-state index in [4.69, 9.17) is 4.74 Å². The number of aryl methyl sites for hydroxylation is 1. The fourth-order valence-corrected chi connectivity index (χ4v) is 2.69. The Morgan fingerprint density at radius 2 is 2.24 bits per heavy atom. The maximum absolute atomic E-state index is 11.5. The number of aromatic nitrogens is 2. The molecule has 3 rings (SSSR count). The summed E-state index contributed by atoms with van der Waals surface area (Å²) in [6.07, 6.45) is -0.0252. The molecule has 0 aliphatic carbocycles. The molecule has 0 aromatic carbocycles. The van der Waals surface area contributed by atoms with Crippen molar-refractivity contribution < 1.29 is 9.53 Å². The Morgan fingerprint density at radius 3 is 3.00 bits per heavy atom. The first kappa shape index (κ1) is 14.2. The van der Waals surface area contributed by atoms with Gasteiger partial charge in [0, 0.05) is 32.2 Å². The molecule has 1 amide bonds. The van der Waals surface area contributed by atoms with Gasteiger partial charge >= 0.3 is 0 Å². The molecule has 0 unspecified atom stereocenters. The maximum atomic E-state index is 11.5. The summed E-state index contributed by atoms with van der Waals surface area (Å²) in [5.74, 6) is 1.56. The average molecular weight is 291 g/mol. The second kappa shape index (κ2) is 5.95. The van der Waals surface area contributed by atoms with Gasteiger partial charge in [0.1, 0.15) is 17.7 Å². The third kappa shape index (κ3) is 3.30. The van der Waals surface area contributed by atoms with Gasteiger partial charge in [0.15, 0.2) is 0 Å². The molecule has 2 aliphatic rings. The van der Waals surface area contributed by atoms with E-state index >= 15 is 0 Å². The van der Waals surface area contributed by atoms with E-state index in [0.717, 1.165) is 31.1 Å². The Hall–Kier alpha value is -1.73. The molecule has 2 fully saturated rings. The van der Waals surface area contributed by atoms with Crippen molar-refractivity contribution in [2.45, 2.75) is 13.0 Å². The first-order chi connectivity index (χ1) is 10.1. The van der Waals surface area contributed by atoms with Crippen LogP contribution in [0.15, 0.2) is 6.07 Å². The molecular weight excluding hydrogens is 270 g/mol. The molecule has 114 valence electrons. The van der Waals surface area contributed by atoms with Crippen LogP contribution in [0.1, 0.15) is 17.6 Å². The van der Waals surface area contributed by atoms with Crippen LogP contribution in [0, 0.1) is 6.92 Å². The van der Waals surface area contributed by atoms with Gasteiger partial charge in [-0.1, -0.05) is 0 Å². The van der Waals surface area contributed by atoms with Crippen molar-refractivity contribution in [1.82, 2.24) is 20.2 Å². The smallest absolute Gasteiger partial charge is 0.239 e. The van der Waals surface area contributed by atoms with E-state index in [-0.39, 0.29) is 12.0 Å². The highest BCUT2D eigenvalue weighted by atomic mass is 16.5. The number of nitrogens with one attached hydrogen (secondary N) is 1. The van der Waals surface area contributed by atoms with Crippen molar-refractivity contribution in [1.29, 1.82) is 0 Å². The van der Waals surface area contributed by atoms with Gasteiger partial charge in [-0.25, -0.2) is 9.97 Å². The zero-order valence-electron chi connectivity index (χ0n) is 12.5. The van der Waals surface area contributed by atoms with E-state index in [9.17, 15) is 4.79 Å². The van der Waals surface area contributed by atoms with E-state index in [1.807, 2.05) is 17.9 Å². The molecule has 2 saturated heterocycles. The fraction of sp³-hybridized carbons (Fsp3) is 0.643. The number of carbonyl (C=O) groups excluding carboxylic acids is 1. The van der Waals surface area contributed by atoms with Gasteiger partial charge in [-0.15, -0.1) is 0 Å². The number of amides is 1. The van der Waals surface area contributed by atoms with Crippen molar-refractivity contribution in [3.63, 3.8) is 0 Å². The van der Waals surface area contributed by atoms with E-state index in [1.54, 1.807) is 0 Å². The molecule has 21 heavy (non-hydrogen) atoms. The quantitative estimate of drug-likeness (QED) is 0.808. The molecule has 0 spiro atoms. The number of rotatable bonds is 2. The Labute approximate surface area is 124 Å². The predicted octanol–water partition coefficient (Wildman–Crippen LogP) is -0.276. The molecule has 0 saturated carbocycles. The van der Waals surface area contributed by atoms with Gasteiger partial charge in [0.05, 0.1) is 18.8 Å². The number of nitrogens with zero attached hydrogens (tertiary/aromatic N) is 4. The summed E-state index contributed by atoms with van der Waals surface area (Å²) in [5.41, 5.74) is 0.898. The molecule has 1 aromatic rings. The van der Waals surface area contributed by atoms with Crippen molar-refractivity contribution >= 4 is 11.7 Å². The van der Waals surface area contributed by atoms with Crippen LogP contribution in [0.4, 0.5) is 5.82 Å². The summed E-state index contributed by atoms with van der Waals surface area (Å²) in [6.45, 7) is 6.14. The van der Waals surface area contributed by atoms with Crippen LogP contribution in [-0.2, 0) is 9.53 Å². The minimum Gasteiger partial charge on any atom is -0.369 e. The average Bonchev–Trinajstić information content (AvgIpc) is 2.46. The number of ether oxygens (including phenoxy) is 1. The molecule has 0 bridgehead atoms. The zero-order valence-corrected chi connectivity index (χ0v) is 12.5. The molecular formula is C14H21N5O2. The lowest BCUT2D eigenvalue weighted by molar-refractivity contribution is -0.120. The van der Waals surface area contributed by atoms with Crippen molar-refractivity contribution in [3.8, 4) is 0 Å². The summed E-state index contributed by atoms with van der Waals surface area (Å²) in [5, 5.41) is 2.82. The number of hydrogen-bond donors (Lipinski definition) is 1. The first-order valence-electron chi connectivity index (χ1n) is 7.29. The van der Waals surface area contributed by atoms with E-state index in [2.05, 4.69) is 27.2 Å². The fourth-order valence-electron chi connectivity index (χ4n) is 2.69. The number of hydrogen-bond acceptors (Lipinski definition) is 6. The molecule has 1 N–H and O–H groups in total. The van der Waals surface area contributed by atoms with E-state index in [0.29, 0.717) is 25.5 Å². The Bertz CT molecular complexity index is 536. The monoisotopic (exact) mass is 291 g/mol. The van der Waals surface area contributed by atoms with Crippen LogP contribution in [0.2, 0.25) is 0 Å². The summed E-state index contributed by atoms with van der Waals surface area (Å²) in [4.78, 5) is 24.7. The molecule has 3 heterocycles. The highest BCUT2D eigenvalue weighted by Gasteiger charge is 2.24. The first-order valence-corrected chi connectivity index (χ1v) is 7.29. The van der Waals surface area contributed by atoms with Crippen LogP contribution < -0.4 is 10.2 Å². The maximum Gasteiger partial charge on any atom is 0.239 e. The number of likely N-dealkylation sites (N-methyl/N-ethyl adjacent to an activating group) is 1. The predicted molar refractivity (Wildman–Crippen MR) is 78.2 cm³/mol. The number of morpholine rings is 1. The zero-order chi connectivity index (χ0) is 14.8. The third-order valence-corrected chi connectivity index (χ3v) is 3.81. The largest absolute Gasteiger partial charge is 0.369 e. The molecule has 7 heteroatoms. The SMILES string of the molecule is Cc1nc([C@H]2CN(C)CCO2)cc(N2CCNC(=O)C2)n1. The van der Waals surface area contributed by atoms with E-state index < -0.39 is 0 Å². The standard InChI is InChI=1S/C14H21N5O2/c1-10-16-11(12-8-18(2)5-6-21-12)7-13(17-10)19-4-3-15-14(20)9-19/h7,12H,3-6,8-9H2,1-2H3,(H,15,20)/t12-/m1/s1. The Balaban J connectivity index is 1.83. The highest BCUT2D eigenvalue weighted by molar-refractivity contribution is 5.82. The number of piperazine rings is 1. The number of anilines is 1. The van der Waals surface area contributed by atoms with Crippen LogP contribution in [0.3, 0.4) is 0 Å². The van der Waals surface area contributed by atoms with Crippen molar-refractivity contribution in [3.05, 3.63) is 17.6 Å². The van der Waals surface area contributed by atoms with Gasteiger partial charge < -0.3 is 19.9 Å². The third-order valence-electron chi connectivity index (χ3n) is 3.81. The van der Waals surface area contributed by atoms with Crippen molar-refractivity contribution in [2.24, 2.45) is 0 Å². The van der Waals surface area contributed by atoms with Crippen LogP contribution in [0.5, 0.6) is 0 Å². The van der Waals surface area contributed by atoms with Crippen LogP contribution in [0.25, 0.3) is 0 Å². The molecule has 1 aromatic heterocycles. The minimum atomic E-state index is -0.0252. The summed E-state index contributed by atoms with van der Waals surface area (Å²) in [7, 11) is 2.08. The lowest BCUT2D eigenvalue weighted by Gasteiger charge is -2.31. The second-order valence-electron chi connectivity index (χ2n) is 5.59. The summed E-state index contributed by atoms with van der Waals surface area (Å²) in [6, 6.07) is 1.95. The highest BCUT2D eigenvalue weighted by Crippen LogP contribution is 2.23. The summed E-state index contributed by atoms with van der Waals surface area (Å²) >= 11 is 0. The lowest BCUT2D eigenvalue weighted by Crippen LogP contribution is -2.48. The molecule has 2 aliphatic heterocycles. The van der Waals surface area contributed by atoms with Gasteiger partial charge in [-0.2, -0.15) is 0 Å². The van der Waals surface area contributed by atoms with Crippen molar-refractivity contribution in [2.75, 3.05) is 51.3 Å². The Morgan fingerprint density at radius 1 is 1.38 bits per heavy atom. The normalized spacial score (nSPS) is 24.0. The van der Waals surface area contributed by atoms with Gasteiger partial charge in [0.25, 0.3) is 0 Å².